The van der Waals surface area contributed by atoms with Crippen LogP contribution < -0.4 is 5.32 Å². The maximum atomic E-state index is 13.4. The lowest BCUT2D eigenvalue weighted by molar-refractivity contribution is -0.379. The molecule has 1 amide bonds. The van der Waals surface area contributed by atoms with Gasteiger partial charge in [0.15, 0.2) is 18.9 Å². The van der Waals surface area contributed by atoms with Crippen LogP contribution in [-0.4, -0.2) is 193 Å². The van der Waals surface area contributed by atoms with Crippen molar-refractivity contribution in [2.45, 2.75) is 311 Å². The van der Waals surface area contributed by atoms with Gasteiger partial charge < -0.3 is 89.9 Å². The van der Waals surface area contributed by atoms with Crippen molar-refractivity contribution in [3.8, 4) is 0 Å². The van der Waals surface area contributed by atoms with E-state index in [0.717, 1.165) is 103 Å². The van der Waals surface area contributed by atoms with Gasteiger partial charge in [-0.3, -0.25) is 4.79 Å². The van der Waals surface area contributed by atoms with Crippen LogP contribution in [0.25, 0.3) is 0 Å². The predicted octanol–water partition coefficient (Wildman–Crippen LogP) is 10.2. The molecule has 0 aromatic rings. The third-order valence-corrected chi connectivity index (χ3v) is 17.0. The van der Waals surface area contributed by atoms with Gasteiger partial charge >= 0.3 is 0 Å². The van der Waals surface area contributed by atoms with Crippen LogP contribution in [0.15, 0.2) is 134 Å². The molecule has 17 unspecified atom stereocenters. The number of ether oxygens (including phenoxy) is 6. The first-order valence-corrected chi connectivity index (χ1v) is 35.9. The lowest BCUT2D eigenvalue weighted by Gasteiger charge is -2.48. The summed E-state index contributed by atoms with van der Waals surface area (Å²) >= 11 is 0. The highest BCUT2D eigenvalue weighted by Gasteiger charge is 2.53. The minimum atomic E-state index is -1.99. The Morgan fingerprint density at radius 2 is 0.726 bits per heavy atom. The molecule has 95 heavy (non-hydrogen) atoms. The molecular weight excluding hydrogens is 1210 g/mol. The molecule has 17 atom stereocenters. The van der Waals surface area contributed by atoms with Crippen LogP contribution in [0.4, 0.5) is 0 Å². The first-order valence-electron chi connectivity index (χ1n) is 35.9. The lowest BCUT2D eigenvalue weighted by Crippen LogP contribution is -2.66. The summed E-state index contributed by atoms with van der Waals surface area (Å²) in [5.41, 5.74) is 0. The molecule has 0 spiro atoms. The standard InChI is InChI=1S/C76H125NO18/c1-3-5-7-9-11-13-15-17-19-21-22-23-24-25-26-27-28-29-30-31-32-33-34-35-36-38-40-42-44-46-48-50-52-54-64(82)77-59(60(81)53-51-49-47-45-43-41-39-37-20-18-16-14-12-10-8-6-4-2)58-90-74-70(88)67(85)72(62(56-79)92-74)95-76-71(89)68(86)73(63(57-80)93-76)94-75-69(87)66(84)65(83)61(55-78)91-75/h5,7,11,13,17,19,22-23,25-26,28-29,31-32,34-35,38,40,44,46,51,53,59-63,65-76,78-81,83-89H,3-4,6,8-10,12,14-16,18,20-21,24,27,30,33,36-37,39,41-43,45,47-50,52,54-58H2,1-2H3,(H,77,82)/b7-5-,13-11-,19-17-,23-22-,26-25-,29-28-,32-31-,35-34-,40-38-,46-44-,53-51+. The van der Waals surface area contributed by atoms with Crippen molar-refractivity contribution in [1.82, 2.24) is 5.32 Å². The van der Waals surface area contributed by atoms with Crippen LogP contribution in [0.1, 0.15) is 206 Å². The molecule has 19 nitrogen and oxygen atoms in total. The average Bonchev–Trinajstić information content (AvgIpc) is 0.786. The Labute approximate surface area is 569 Å². The molecule has 0 saturated carbocycles. The maximum Gasteiger partial charge on any atom is 0.220 e. The summed E-state index contributed by atoms with van der Waals surface area (Å²) in [6, 6.07) is -1.01. The Bertz CT molecular complexity index is 2240. The molecule has 0 radical (unpaired) electrons. The highest BCUT2D eigenvalue weighted by Crippen LogP contribution is 2.33. The number of unbranched alkanes of at least 4 members (excludes halogenated alkanes) is 17. The summed E-state index contributed by atoms with van der Waals surface area (Å²) in [7, 11) is 0. The van der Waals surface area contributed by atoms with E-state index in [-0.39, 0.29) is 18.9 Å². The number of hydrogen-bond donors (Lipinski definition) is 12. The van der Waals surface area contributed by atoms with Gasteiger partial charge in [-0.05, 0) is 96.3 Å². The molecule has 12 N–H and O–H groups in total. The molecule has 19 heteroatoms. The van der Waals surface area contributed by atoms with E-state index in [1.165, 1.54) is 77.0 Å². The highest BCUT2D eigenvalue weighted by atomic mass is 16.8. The van der Waals surface area contributed by atoms with E-state index in [2.05, 4.69) is 141 Å². The zero-order chi connectivity index (χ0) is 68.9. The molecular formula is C76H125NO18. The number of aliphatic hydroxyl groups excluding tert-OH is 11. The normalized spacial score (nSPS) is 28.0. The monoisotopic (exact) mass is 1340 g/mol. The fraction of sp³-hybridized carbons (Fsp3) is 0.697. The Kier molecular flexibility index (Phi) is 50.0. The van der Waals surface area contributed by atoms with Gasteiger partial charge in [-0.25, -0.2) is 0 Å². The number of nitrogens with one attached hydrogen (secondary N) is 1. The Balaban J connectivity index is 1.43. The van der Waals surface area contributed by atoms with Crippen LogP contribution in [0.2, 0.25) is 0 Å². The van der Waals surface area contributed by atoms with Gasteiger partial charge in [-0.2, -0.15) is 0 Å². The quantitative estimate of drug-likeness (QED) is 0.0199. The molecule has 0 bridgehead atoms. The second-order valence-corrected chi connectivity index (χ2v) is 25.0. The molecule has 0 aliphatic carbocycles. The van der Waals surface area contributed by atoms with Crippen LogP contribution >= 0.6 is 0 Å². The topological polar surface area (TPSA) is 307 Å². The fourth-order valence-corrected chi connectivity index (χ4v) is 11.2. The van der Waals surface area contributed by atoms with Gasteiger partial charge in [0.2, 0.25) is 5.91 Å². The number of aliphatic hydroxyl groups is 11. The van der Waals surface area contributed by atoms with Crippen LogP contribution in [0, 0.1) is 0 Å². The smallest absolute Gasteiger partial charge is 0.220 e. The second-order valence-electron chi connectivity index (χ2n) is 25.0. The van der Waals surface area contributed by atoms with Crippen LogP contribution in [0.5, 0.6) is 0 Å². The fourth-order valence-electron chi connectivity index (χ4n) is 11.2. The number of rotatable bonds is 53. The molecule has 3 rings (SSSR count). The van der Waals surface area contributed by atoms with Crippen molar-refractivity contribution < 1.29 is 89.4 Å². The van der Waals surface area contributed by atoms with E-state index in [9.17, 15) is 61.0 Å². The van der Waals surface area contributed by atoms with Gasteiger partial charge in [0.25, 0.3) is 0 Å². The number of hydrogen-bond acceptors (Lipinski definition) is 18. The number of amides is 1. The summed E-state index contributed by atoms with van der Waals surface area (Å²) in [5.74, 6) is -0.323. The van der Waals surface area contributed by atoms with Crippen molar-refractivity contribution in [2.24, 2.45) is 0 Å². The molecule has 3 saturated heterocycles. The molecule has 542 valence electrons. The lowest BCUT2D eigenvalue weighted by atomic mass is 9.96. The van der Waals surface area contributed by atoms with E-state index < -0.39 is 124 Å². The summed E-state index contributed by atoms with van der Waals surface area (Å²) in [5, 5.41) is 121. The molecule has 3 heterocycles. The van der Waals surface area contributed by atoms with Gasteiger partial charge in [0.05, 0.1) is 38.6 Å². The SMILES string of the molecule is CC/C=C\C/C=C\C/C=C\C/C=C\C/C=C\C/C=C\C/C=C\C/C=C\C/C=C\C/C=C\CCCCC(=O)NC(COC1OC(CO)C(OC2OC(CO)C(OC3OC(CO)C(O)C(O)C3O)C(O)C2O)C(O)C1O)C(O)/C=C/CCCCCCCCCCCCCCCCC. The Morgan fingerprint density at radius 1 is 0.389 bits per heavy atom. The number of allylic oxidation sites excluding steroid dienone is 21. The maximum absolute atomic E-state index is 13.4. The predicted molar refractivity (Wildman–Crippen MR) is 373 cm³/mol. The first-order chi connectivity index (χ1) is 46.3. The summed E-state index contributed by atoms with van der Waals surface area (Å²) < 4.78 is 34.3. The first kappa shape index (κ1) is 85.2. The summed E-state index contributed by atoms with van der Waals surface area (Å²) in [6.45, 7) is 1.57. The third-order valence-electron chi connectivity index (χ3n) is 17.0. The van der Waals surface area contributed by atoms with Crippen LogP contribution in [-0.2, 0) is 33.2 Å². The molecule has 0 aromatic carbocycles. The van der Waals surface area contributed by atoms with Crippen molar-refractivity contribution in [2.75, 3.05) is 26.4 Å². The van der Waals surface area contributed by atoms with Gasteiger partial charge in [0, 0.05) is 6.42 Å². The molecule has 3 fully saturated rings. The molecule has 3 aliphatic heterocycles. The summed E-state index contributed by atoms with van der Waals surface area (Å²) in [6.07, 6.45) is 51.4. The number of carbonyl (C=O) groups excluding carboxylic acids is 1. The van der Waals surface area contributed by atoms with E-state index in [4.69, 9.17) is 28.4 Å². The van der Waals surface area contributed by atoms with Gasteiger partial charge in [-0.1, -0.05) is 237 Å². The summed E-state index contributed by atoms with van der Waals surface area (Å²) in [4.78, 5) is 13.4. The Hall–Kier alpha value is -4.07. The number of carbonyl (C=O) groups is 1. The van der Waals surface area contributed by atoms with Crippen molar-refractivity contribution in [3.63, 3.8) is 0 Å². The second kappa shape index (κ2) is 55.8. The van der Waals surface area contributed by atoms with E-state index in [1.54, 1.807) is 6.08 Å². The van der Waals surface area contributed by atoms with Crippen LogP contribution in [0.3, 0.4) is 0 Å². The largest absolute Gasteiger partial charge is 0.394 e. The van der Waals surface area contributed by atoms with Crippen molar-refractivity contribution >= 4 is 5.91 Å². The Morgan fingerprint density at radius 3 is 1.14 bits per heavy atom. The zero-order valence-corrected chi connectivity index (χ0v) is 57.3. The van der Waals surface area contributed by atoms with Gasteiger partial charge in [-0.15, -0.1) is 0 Å². The van der Waals surface area contributed by atoms with E-state index in [0.29, 0.717) is 6.42 Å². The third kappa shape index (κ3) is 37.1. The molecule has 3 aliphatic rings. The highest BCUT2D eigenvalue weighted by molar-refractivity contribution is 5.76. The minimum absolute atomic E-state index is 0.179. The van der Waals surface area contributed by atoms with Gasteiger partial charge in [0.1, 0.15) is 73.2 Å². The van der Waals surface area contributed by atoms with Crippen molar-refractivity contribution in [1.29, 1.82) is 0 Å². The zero-order valence-electron chi connectivity index (χ0n) is 57.3. The molecule has 0 aromatic heterocycles. The van der Waals surface area contributed by atoms with E-state index in [1.807, 2.05) is 6.08 Å². The van der Waals surface area contributed by atoms with E-state index >= 15 is 0 Å². The minimum Gasteiger partial charge on any atom is -0.394 e. The van der Waals surface area contributed by atoms with Crippen molar-refractivity contribution in [3.05, 3.63) is 134 Å². The average molecular weight is 1340 g/mol.